The molecule has 0 bridgehead atoms. The molecule has 11 rings (SSSR count). The molecule has 200 valence electrons. The number of allylic oxidation sites excluding steroid dienone is 4. The standard InChI is InChI=1S/C32H28N4O4/c1-14-7-33-24-18(37)3-20-31(22(14)24)5-16(31)9-35(20)26(39)28-11-29(13-30(28,29)12-28)27(40)36-10-17-6-32(17)21(36)4-19(38)25-23(32)15(2)8-34-25/h3-4,7-8,16-17,33-34H,5-6,9-13H2,1-2H3/t16-,17-,28?,29?,30?,31+,32+/m1/s1. The van der Waals surface area contributed by atoms with Gasteiger partial charge in [-0.25, -0.2) is 0 Å². The number of rotatable bonds is 2. The molecule has 9 aliphatic rings. The second kappa shape index (κ2) is 5.46. The lowest BCUT2D eigenvalue weighted by atomic mass is 9.72. The number of nitrogens with one attached hydrogen (secondary N) is 2. The summed E-state index contributed by atoms with van der Waals surface area (Å²) in [5.41, 5.74) is 6.03. The van der Waals surface area contributed by atoms with Crippen molar-refractivity contribution in [3.05, 3.63) is 69.6 Å². The fraction of sp³-hybridized carbons (Fsp3) is 0.500. The van der Waals surface area contributed by atoms with Crippen molar-refractivity contribution in [2.75, 3.05) is 13.1 Å². The zero-order valence-corrected chi connectivity index (χ0v) is 22.4. The van der Waals surface area contributed by atoms with Crippen LogP contribution in [0.1, 0.15) is 75.3 Å². The Morgan fingerprint density at radius 1 is 0.750 bits per heavy atom. The van der Waals surface area contributed by atoms with Crippen molar-refractivity contribution in [1.29, 1.82) is 0 Å². The molecule has 2 aliphatic heterocycles. The highest BCUT2D eigenvalue weighted by molar-refractivity contribution is 6.11. The van der Waals surface area contributed by atoms with E-state index in [9.17, 15) is 19.2 Å². The smallest absolute Gasteiger partial charge is 0.233 e. The van der Waals surface area contributed by atoms with Gasteiger partial charge in [0.25, 0.3) is 0 Å². The summed E-state index contributed by atoms with van der Waals surface area (Å²) in [6.45, 7) is 5.43. The molecule has 2 aromatic heterocycles. The van der Waals surface area contributed by atoms with E-state index in [-0.39, 0.29) is 39.6 Å². The summed E-state index contributed by atoms with van der Waals surface area (Å²) >= 11 is 0. The number of likely N-dealkylation sites (tertiary alicyclic amines) is 2. The first-order valence-corrected chi connectivity index (χ1v) is 14.7. The minimum atomic E-state index is -0.459. The van der Waals surface area contributed by atoms with Crippen LogP contribution >= 0.6 is 0 Å². The number of H-pyrrole nitrogens is 2. The predicted molar refractivity (Wildman–Crippen MR) is 140 cm³/mol. The number of aryl methyl sites for hydroxylation is 2. The van der Waals surface area contributed by atoms with Crippen molar-refractivity contribution < 1.29 is 19.2 Å². The molecule has 0 aromatic carbocycles. The largest absolute Gasteiger partial charge is 0.358 e. The number of hydrogen-bond acceptors (Lipinski definition) is 4. The number of carbonyl (C=O) groups is 4. The van der Waals surface area contributed by atoms with Crippen molar-refractivity contribution in [3.63, 3.8) is 0 Å². The van der Waals surface area contributed by atoms with Gasteiger partial charge in [-0.05, 0) is 80.0 Å². The monoisotopic (exact) mass is 532 g/mol. The van der Waals surface area contributed by atoms with Gasteiger partial charge in [0.1, 0.15) is 0 Å². The maximum absolute atomic E-state index is 14.2. The number of aromatic amines is 2. The topological polar surface area (TPSA) is 106 Å². The second-order valence-electron chi connectivity index (χ2n) is 14.6. The van der Waals surface area contributed by atoms with Crippen LogP contribution in [0.2, 0.25) is 0 Å². The van der Waals surface area contributed by atoms with Crippen LogP contribution in [0.15, 0.2) is 35.9 Å². The number of nitrogens with zero attached hydrogens (tertiary/aromatic N) is 2. The van der Waals surface area contributed by atoms with Crippen LogP contribution in [0.4, 0.5) is 0 Å². The molecule has 0 radical (unpaired) electrons. The molecule has 4 heterocycles. The summed E-state index contributed by atoms with van der Waals surface area (Å²) in [6, 6.07) is 0. The number of piperidine rings is 2. The van der Waals surface area contributed by atoms with Crippen molar-refractivity contribution in [3.8, 4) is 0 Å². The fourth-order valence-corrected chi connectivity index (χ4v) is 11.4. The third-order valence-corrected chi connectivity index (χ3v) is 13.3. The van der Waals surface area contributed by atoms with E-state index < -0.39 is 10.8 Å². The Labute approximate surface area is 229 Å². The van der Waals surface area contributed by atoms with Gasteiger partial charge in [0, 0.05) is 65.3 Å². The zero-order chi connectivity index (χ0) is 26.9. The molecule has 2 N–H and O–H groups in total. The number of ketones is 2. The number of carbonyl (C=O) groups excluding carboxylic acids is 4. The molecule has 2 aromatic rings. The molecule has 8 nitrogen and oxygen atoms in total. The molecule has 40 heavy (non-hydrogen) atoms. The van der Waals surface area contributed by atoms with Crippen LogP contribution in [0, 0.1) is 41.9 Å². The van der Waals surface area contributed by atoms with Crippen molar-refractivity contribution in [1.82, 2.24) is 19.8 Å². The van der Waals surface area contributed by atoms with E-state index in [2.05, 4.69) is 9.97 Å². The minimum absolute atomic E-state index is 0.0423. The van der Waals surface area contributed by atoms with Crippen LogP contribution in [-0.4, -0.2) is 56.2 Å². The van der Waals surface area contributed by atoms with E-state index in [1.165, 1.54) is 0 Å². The maximum Gasteiger partial charge on any atom is 0.233 e. The first-order chi connectivity index (χ1) is 19.2. The Morgan fingerprint density at radius 3 is 1.62 bits per heavy atom. The summed E-state index contributed by atoms with van der Waals surface area (Å²) in [6.07, 6.45) is 11.4. The normalized spacial score (nSPS) is 44.5. The molecule has 2 amide bonds. The molecule has 7 fully saturated rings. The first-order valence-electron chi connectivity index (χ1n) is 14.7. The van der Waals surface area contributed by atoms with Crippen LogP contribution in [0.25, 0.3) is 0 Å². The summed E-state index contributed by atoms with van der Waals surface area (Å²) < 4.78 is 0. The number of hydrogen-bond donors (Lipinski definition) is 2. The predicted octanol–water partition coefficient (Wildman–Crippen LogP) is 3.19. The van der Waals surface area contributed by atoms with E-state index in [0.717, 1.165) is 59.3 Å². The fourth-order valence-electron chi connectivity index (χ4n) is 11.4. The van der Waals surface area contributed by atoms with Gasteiger partial charge in [-0.1, -0.05) is 0 Å². The Kier molecular flexibility index (Phi) is 2.88. The van der Waals surface area contributed by atoms with Gasteiger partial charge in [0.05, 0.1) is 22.2 Å². The summed E-state index contributed by atoms with van der Waals surface area (Å²) in [4.78, 5) is 64.6. The van der Waals surface area contributed by atoms with E-state index >= 15 is 0 Å². The van der Waals surface area contributed by atoms with Gasteiger partial charge in [0.15, 0.2) is 0 Å². The van der Waals surface area contributed by atoms with Crippen molar-refractivity contribution in [2.45, 2.75) is 56.8 Å². The molecule has 2 unspecified atom stereocenters. The summed E-state index contributed by atoms with van der Waals surface area (Å²) in [7, 11) is 0. The van der Waals surface area contributed by atoms with Gasteiger partial charge >= 0.3 is 0 Å². The SMILES string of the molecule is Cc1c[nH]c2c1[C@@]13C[C@@H]1CN(C(=O)C14CC5(C(=O)N6C[C@H]7C[C@@]78C6=CC(=O)c6[nH]cc(C)c68)CC15C4)C3=CC2=O. The third kappa shape index (κ3) is 1.73. The Balaban J connectivity index is 0.898. The zero-order valence-electron chi connectivity index (χ0n) is 22.4. The van der Waals surface area contributed by atoms with Crippen LogP contribution in [-0.2, 0) is 20.4 Å². The molecule has 2 saturated heterocycles. The second-order valence-corrected chi connectivity index (χ2v) is 14.6. The lowest BCUT2D eigenvalue weighted by molar-refractivity contribution is -0.146. The van der Waals surface area contributed by atoms with E-state index in [1.807, 2.05) is 36.0 Å². The maximum atomic E-state index is 14.2. The van der Waals surface area contributed by atoms with E-state index in [4.69, 9.17) is 0 Å². The molecule has 5 saturated carbocycles. The van der Waals surface area contributed by atoms with Gasteiger partial charge in [-0.2, -0.15) is 0 Å². The van der Waals surface area contributed by atoms with Gasteiger partial charge in [-0.3, -0.25) is 19.2 Å². The minimum Gasteiger partial charge on any atom is -0.358 e. The molecular weight excluding hydrogens is 504 g/mol. The van der Waals surface area contributed by atoms with Gasteiger partial charge in [-0.15, -0.1) is 0 Å². The molecule has 8 heteroatoms. The molecule has 6 atom stereocenters. The van der Waals surface area contributed by atoms with Gasteiger partial charge in [0.2, 0.25) is 23.4 Å². The number of aromatic nitrogens is 2. The Hall–Kier alpha value is -3.68. The highest BCUT2D eigenvalue weighted by Crippen LogP contribution is 3.01. The summed E-state index contributed by atoms with van der Waals surface area (Å²) in [5, 5.41) is 0. The van der Waals surface area contributed by atoms with Crippen molar-refractivity contribution >= 4 is 23.4 Å². The lowest BCUT2D eigenvalue weighted by Crippen LogP contribution is -2.49. The van der Waals surface area contributed by atoms with Crippen LogP contribution in [0.3, 0.4) is 0 Å². The lowest BCUT2D eigenvalue weighted by Gasteiger charge is -2.39. The highest BCUT2D eigenvalue weighted by atomic mass is 16.2. The number of amides is 2. The highest BCUT2D eigenvalue weighted by Gasteiger charge is 3.02. The Bertz CT molecular complexity index is 1720. The average molecular weight is 533 g/mol. The Morgan fingerprint density at radius 2 is 1.20 bits per heavy atom. The van der Waals surface area contributed by atoms with E-state index in [1.54, 1.807) is 12.2 Å². The van der Waals surface area contributed by atoms with Crippen LogP contribution < -0.4 is 0 Å². The van der Waals surface area contributed by atoms with E-state index in [0.29, 0.717) is 42.7 Å². The quantitative estimate of drug-likeness (QED) is 0.620. The van der Waals surface area contributed by atoms with Crippen molar-refractivity contribution in [2.24, 2.45) is 28.1 Å². The van der Waals surface area contributed by atoms with Crippen LogP contribution in [0.5, 0.6) is 0 Å². The molecular formula is C32H28N4O4. The first kappa shape index (κ1) is 21.1. The van der Waals surface area contributed by atoms with Gasteiger partial charge < -0.3 is 19.8 Å². The molecule has 7 aliphatic carbocycles. The molecule has 3 spiro atoms. The third-order valence-electron chi connectivity index (χ3n) is 13.3. The summed E-state index contributed by atoms with van der Waals surface area (Å²) in [5.74, 6) is 0.919. The average Bonchev–Trinajstić information content (AvgIpc) is 3.84. The number of fused-ring (bicyclic) bond motifs is 2.